The molecule has 1 aromatic heterocycles. The Morgan fingerprint density at radius 3 is 1.60 bits per heavy atom. The zero-order valence-corrected chi connectivity index (χ0v) is 23.0. The molecule has 1 heterocycles. The van der Waals surface area contributed by atoms with Crippen molar-refractivity contribution in [2.45, 2.75) is 86.9 Å². The molecule has 0 saturated heterocycles. The summed E-state index contributed by atoms with van der Waals surface area (Å²) in [7, 11) is 0. The monoisotopic (exact) mass is 696 g/mol. The zero-order chi connectivity index (χ0) is 34.2. The minimum absolute atomic E-state index is 0.0820. The van der Waals surface area contributed by atoms with Crippen molar-refractivity contribution in [2.24, 2.45) is 11.3 Å². The molecule has 0 radical (unpaired) electrons. The predicted octanol–water partition coefficient (Wildman–Crippen LogP) is 8.99. The summed E-state index contributed by atoms with van der Waals surface area (Å²) in [6, 6.07) is 1.44. The van der Waals surface area contributed by atoms with Crippen LogP contribution >= 0.6 is 22.9 Å². The third-order valence-electron chi connectivity index (χ3n) is 6.84. The summed E-state index contributed by atoms with van der Waals surface area (Å²) in [6.45, 7) is 5.43. The Hall–Kier alpha value is -2.17. The lowest BCUT2D eigenvalue weighted by atomic mass is 9.72. The van der Waals surface area contributed by atoms with Crippen LogP contribution in [0.25, 0.3) is 0 Å². The number of carbonyl (C=O) groups excluding carboxylic acids is 1. The number of amides is 1. The van der Waals surface area contributed by atoms with Crippen molar-refractivity contribution in [3.05, 3.63) is 16.0 Å². The van der Waals surface area contributed by atoms with Crippen molar-refractivity contribution in [1.82, 2.24) is 0 Å². The molecule has 1 aliphatic rings. The first-order valence-corrected chi connectivity index (χ1v) is 12.6. The van der Waals surface area contributed by atoms with Crippen LogP contribution in [0.1, 0.15) is 43.2 Å². The Labute approximate surface area is 240 Å². The van der Waals surface area contributed by atoms with Crippen LogP contribution in [0, 0.1) is 22.7 Å². The second-order valence-electron chi connectivity index (χ2n) is 10.6. The van der Waals surface area contributed by atoms with Crippen LogP contribution in [0.2, 0.25) is 0 Å². The average Bonchev–Trinajstić information content (AvgIpc) is 3.17. The van der Waals surface area contributed by atoms with Gasteiger partial charge in [-0.05, 0) is 47.8 Å². The molecule has 0 aliphatic heterocycles. The molecular weight excluding hydrogens is 680 g/mol. The number of anilines is 1. The van der Waals surface area contributed by atoms with Crippen LogP contribution in [-0.4, -0.2) is 52.7 Å². The van der Waals surface area contributed by atoms with E-state index in [1.807, 2.05) is 20.8 Å². The number of halogens is 17. The second kappa shape index (κ2) is 10.4. The van der Waals surface area contributed by atoms with Gasteiger partial charge < -0.3 is 5.32 Å². The highest BCUT2D eigenvalue weighted by Crippen LogP contribution is 2.64. The van der Waals surface area contributed by atoms with Crippen LogP contribution in [0.3, 0.4) is 0 Å². The molecule has 2 rings (SSSR count). The summed E-state index contributed by atoms with van der Waals surface area (Å²) in [4.78, 5) is 12.3. The number of hydrogen-bond donors (Lipinski definition) is 1. The van der Waals surface area contributed by atoms with Gasteiger partial charge in [-0.15, -0.1) is 11.3 Å². The molecule has 0 fully saturated rings. The highest BCUT2D eigenvalue weighted by Gasteiger charge is 2.95. The number of hydrogen-bond acceptors (Lipinski definition) is 3. The SMILES string of the molecule is CC(C)(C)C1CCc2c(sc(NC(=O)C(F)(F)C(F)(F)C(F)(F)C(F)(F)C(F)(F)C(F)(F)C(F)(F)C(F)(F)Cl)c2C#N)C1. The Kier molecular flexibility index (Phi) is 8.99. The molecule has 0 bridgehead atoms. The minimum Gasteiger partial charge on any atom is -0.311 e. The largest absolute Gasteiger partial charge is 0.393 e. The van der Waals surface area contributed by atoms with Gasteiger partial charge in [0, 0.05) is 4.88 Å². The maximum Gasteiger partial charge on any atom is 0.393 e. The predicted molar refractivity (Wildman–Crippen MR) is 118 cm³/mol. The zero-order valence-electron chi connectivity index (χ0n) is 21.4. The van der Waals surface area contributed by atoms with Gasteiger partial charge in [0.1, 0.15) is 11.1 Å². The van der Waals surface area contributed by atoms with E-state index in [-0.39, 0.29) is 34.6 Å². The highest BCUT2D eigenvalue weighted by atomic mass is 35.5. The van der Waals surface area contributed by atoms with E-state index in [0.29, 0.717) is 17.8 Å². The van der Waals surface area contributed by atoms with Gasteiger partial charge in [0.15, 0.2) is 0 Å². The van der Waals surface area contributed by atoms with Gasteiger partial charge in [0.2, 0.25) is 0 Å². The van der Waals surface area contributed by atoms with Crippen LogP contribution in [-0.2, 0) is 17.6 Å². The summed E-state index contributed by atoms with van der Waals surface area (Å²) in [5.74, 6) is -61.1. The quantitative estimate of drug-likeness (QED) is 0.207. The number of alkyl halides is 17. The van der Waals surface area contributed by atoms with E-state index in [0.717, 1.165) is 5.32 Å². The molecule has 0 saturated carbocycles. The molecule has 1 atom stereocenters. The van der Waals surface area contributed by atoms with Crippen LogP contribution in [0.5, 0.6) is 0 Å². The van der Waals surface area contributed by atoms with E-state index >= 15 is 0 Å². The number of nitriles is 1. The van der Waals surface area contributed by atoms with Crippen molar-refractivity contribution in [2.75, 3.05) is 5.32 Å². The standard InChI is InChI=1S/C22H17ClF16N2OS/c1-14(2,3)8-4-5-9-10(7-40)12(43-11(9)6-8)41-13(42)15(24,25)16(26,27)17(28,29)18(30,31)19(32,33)20(34,35)21(36,37)22(23,38)39/h8H,4-6H2,1-3H3,(H,41,42). The van der Waals surface area contributed by atoms with Crippen molar-refractivity contribution in [3.8, 4) is 6.07 Å². The first kappa shape index (κ1) is 37.0. The van der Waals surface area contributed by atoms with Gasteiger partial charge in [0.05, 0.1) is 5.56 Å². The van der Waals surface area contributed by atoms with Crippen LogP contribution < -0.4 is 5.32 Å². The lowest BCUT2D eigenvalue weighted by Crippen LogP contribution is -2.75. The topological polar surface area (TPSA) is 52.9 Å². The summed E-state index contributed by atoms with van der Waals surface area (Å²) in [5.41, 5.74) is -0.840. The van der Waals surface area contributed by atoms with E-state index in [4.69, 9.17) is 0 Å². The fraction of sp³-hybridized carbons (Fsp3) is 0.727. The molecule has 0 spiro atoms. The number of thiophene rings is 1. The Morgan fingerprint density at radius 1 is 0.791 bits per heavy atom. The van der Waals surface area contributed by atoms with E-state index in [9.17, 15) is 80.3 Å². The first-order chi connectivity index (χ1) is 18.8. The van der Waals surface area contributed by atoms with Gasteiger partial charge in [-0.25, -0.2) is 0 Å². The Balaban J connectivity index is 2.53. The van der Waals surface area contributed by atoms with Crippen molar-refractivity contribution < 1.29 is 75.0 Å². The van der Waals surface area contributed by atoms with E-state index in [1.54, 1.807) is 0 Å². The first-order valence-electron chi connectivity index (χ1n) is 11.4. The van der Waals surface area contributed by atoms with Crippen molar-refractivity contribution in [1.29, 1.82) is 5.26 Å². The van der Waals surface area contributed by atoms with Crippen LogP contribution in [0.15, 0.2) is 0 Å². The van der Waals surface area contributed by atoms with Crippen molar-refractivity contribution >= 4 is 33.8 Å². The number of carbonyl (C=O) groups is 1. The number of rotatable bonds is 9. The van der Waals surface area contributed by atoms with Crippen molar-refractivity contribution in [3.63, 3.8) is 0 Å². The van der Waals surface area contributed by atoms with Gasteiger partial charge in [-0.1, -0.05) is 20.8 Å². The van der Waals surface area contributed by atoms with Gasteiger partial charge in [-0.3, -0.25) is 4.79 Å². The van der Waals surface area contributed by atoms with E-state index < -0.39 is 63.3 Å². The summed E-state index contributed by atoms with van der Waals surface area (Å²) < 4.78 is 219. The molecule has 43 heavy (non-hydrogen) atoms. The number of nitrogens with zero attached hydrogens (tertiary/aromatic N) is 1. The van der Waals surface area contributed by atoms with E-state index in [1.165, 1.54) is 6.07 Å². The van der Waals surface area contributed by atoms with Gasteiger partial charge >= 0.3 is 52.7 Å². The third kappa shape index (κ3) is 5.29. The smallest absolute Gasteiger partial charge is 0.311 e. The lowest BCUT2D eigenvalue weighted by molar-refractivity contribution is -0.445. The molecule has 1 aliphatic carbocycles. The molecule has 21 heteroatoms. The maximum absolute atomic E-state index is 14.4. The maximum atomic E-state index is 14.4. The highest BCUT2D eigenvalue weighted by molar-refractivity contribution is 7.16. The molecular formula is C22H17ClF16N2OS. The molecule has 3 nitrogen and oxygen atoms in total. The average molecular weight is 697 g/mol. The molecule has 1 N–H and O–H groups in total. The van der Waals surface area contributed by atoms with Gasteiger partial charge in [-0.2, -0.15) is 75.5 Å². The van der Waals surface area contributed by atoms with E-state index in [2.05, 4.69) is 11.6 Å². The summed E-state index contributed by atoms with van der Waals surface area (Å²) >= 11 is 3.81. The molecule has 0 aromatic carbocycles. The molecule has 246 valence electrons. The minimum atomic E-state index is -8.68. The third-order valence-corrected chi connectivity index (χ3v) is 8.24. The lowest BCUT2D eigenvalue weighted by Gasteiger charge is -2.42. The normalized spacial score (nSPS) is 18.3. The fourth-order valence-corrected chi connectivity index (χ4v) is 5.41. The molecule has 1 amide bonds. The Bertz CT molecular complexity index is 1290. The number of nitrogens with one attached hydrogen (secondary N) is 1. The van der Waals surface area contributed by atoms with Crippen LogP contribution in [0.4, 0.5) is 75.2 Å². The molecule has 1 unspecified atom stereocenters. The summed E-state index contributed by atoms with van der Waals surface area (Å²) in [6.07, 6.45) is 0.636. The second-order valence-corrected chi connectivity index (χ2v) is 12.2. The summed E-state index contributed by atoms with van der Waals surface area (Å²) in [5, 5.41) is 2.43. The fourth-order valence-electron chi connectivity index (χ4n) is 4.02. The molecule has 1 aromatic rings. The Morgan fingerprint density at radius 2 is 1.21 bits per heavy atom. The number of fused-ring (bicyclic) bond motifs is 1. The van der Waals surface area contributed by atoms with Gasteiger partial charge in [0.25, 0.3) is 0 Å².